The average Bonchev–Trinajstić information content (AvgIpc) is 2.95. The van der Waals surface area contributed by atoms with Crippen LogP contribution in [0, 0.1) is 6.92 Å². The molecule has 3 heterocycles. The van der Waals surface area contributed by atoms with Crippen molar-refractivity contribution < 1.29 is 4.98 Å². The monoisotopic (exact) mass is 306 g/mol. The van der Waals surface area contributed by atoms with Crippen LogP contribution in [0.1, 0.15) is 12.0 Å². The first kappa shape index (κ1) is 14.0. The van der Waals surface area contributed by atoms with Crippen molar-refractivity contribution in [2.75, 3.05) is 18.4 Å². The van der Waals surface area contributed by atoms with E-state index in [0.717, 1.165) is 29.7 Å². The zero-order chi connectivity index (χ0) is 15.8. The normalized spacial score (nSPS) is 11.6. The summed E-state index contributed by atoms with van der Waals surface area (Å²) in [7, 11) is 0. The molecular formula is C18H20N5+. The minimum absolute atomic E-state index is 0.680. The number of nitrogens with two attached hydrogens (primary N) is 1. The molecule has 0 amide bonds. The molecule has 0 unspecified atom stereocenters. The second kappa shape index (κ2) is 5.52. The van der Waals surface area contributed by atoms with Crippen molar-refractivity contribution in [1.82, 2.24) is 9.97 Å². The Bertz CT molecular complexity index is 1000. The summed E-state index contributed by atoms with van der Waals surface area (Å²) in [6.07, 6.45) is 6.77. The maximum Gasteiger partial charge on any atom is 0.177 e. The summed E-state index contributed by atoms with van der Waals surface area (Å²) in [5, 5.41) is 8.20. The number of aromatic amines is 2. The standard InChI is InChI=1S/C18H19N5/c1-11-12-3-8-22-18(21-6-2-5-19)14(12)9-13-15-10-20-7-4-16(15)23-17(11)13/h3-4,7-10,23H,2,5-6,19H2,1H3,(H,21,22)/p+1. The molecule has 0 fully saturated rings. The number of nitrogens with zero attached hydrogens (tertiary/aromatic N) is 1. The topological polar surface area (TPSA) is 80.9 Å². The lowest BCUT2D eigenvalue weighted by atomic mass is 10.0. The Morgan fingerprint density at radius 1 is 1.22 bits per heavy atom. The Kier molecular flexibility index (Phi) is 3.35. The van der Waals surface area contributed by atoms with Gasteiger partial charge in [-0.15, -0.1) is 0 Å². The van der Waals surface area contributed by atoms with Crippen LogP contribution in [0.2, 0.25) is 0 Å². The number of hydrogen-bond donors (Lipinski definition) is 3. The molecule has 0 spiro atoms. The second-order valence-corrected chi connectivity index (χ2v) is 5.84. The molecular weight excluding hydrogens is 286 g/mol. The van der Waals surface area contributed by atoms with Crippen LogP contribution in [0.25, 0.3) is 32.6 Å². The molecule has 3 aromatic heterocycles. The predicted molar refractivity (Wildman–Crippen MR) is 94.6 cm³/mol. The zero-order valence-corrected chi connectivity index (χ0v) is 13.1. The molecule has 4 aromatic rings. The first-order chi connectivity index (χ1) is 11.3. The van der Waals surface area contributed by atoms with E-state index < -0.39 is 0 Å². The third-order valence-corrected chi connectivity index (χ3v) is 4.41. The number of fused-ring (bicyclic) bond motifs is 4. The number of aryl methyl sites for hydroxylation is 1. The highest BCUT2D eigenvalue weighted by Crippen LogP contribution is 2.34. The van der Waals surface area contributed by atoms with E-state index in [0.29, 0.717) is 6.54 Å². The number of nitrogens with one attached hydrogen (secondary N) is 3. The summed E-state index contributed by atoms with van der Waals surface area (Å²) in [6, 6.07) is 6.37. The SMILES string of the molecule is Cc1c2ccnc(NCCCN)c2cc2c1[nH]c1cc[nH+]cc12. The van der Waals surface area contributed by atoms with Gasteiger partial charge in [-0.3, -0.25) is 0 Å². The minimum atomic E-state index is 0.680. The molecule has 116 valence electrons. The van der Waals surface area contributed by atoms with Crippen LogP contribution in [-0.2, 0) is 0 Å². The van der Waals surface area contributed by atoms with Crippen molar-refractivity contribution in [3.8, 4) is 0 Å². The van der Waals surface area contributed by atoms with Crippen molar-refractivity contribution in [2.45, 2.75) is 13.3 Å². The van der Waals surface area contributed by atoms with Crippen molar-refractivity contribution in [1.29, 1.82) is 0 Å². The molecule has 5 nitrogen and oxygen atoms in total. The van der Waals surface area contributed by atoms with Crippen LogP contribution in [0.15, 0.2) is 36.8 Å². The van der Waals surface area contributed by atoms with Crippen molar-refractivity contribution in [3.05, 3.63) is 42.4 Å². The van der Waals surface area contributed by atoms with Gasteiger partial charge in [0.05, 0.1) is 16.4 Å². The summed E-state index contributed by atoms with van der Waals surface area (Å²) >= 11 is 0. The molecule has 0 aliphatic carbocycles. The van der Waals surface area contributed by atoms with Gasteiger partial charge in [0, 0.05) is 29.6 Å². The van der Waals surface area contributed by atoms with Gasteiger partial charge in [-0.25, -0.2) is 9.97 Å². The molecule has 0 saturated heterocycles. The Balaban J connectivity index is 2.00. The lowest BCUT2D eigenvalue weighted by molar-refractivity contribution is -0.375. The molecule has 0 bridgehead atoms. The van der Waals surface area contributed by atoms with Gasteiger partial charge in [-0.1, -0.05) is 0 Å². The zero-order valence-electron chi connectivity index (χ0n) is 13.1. The highest BCUT2D eigenvalue weighted by atomic mass is 15.0. The van der Waals surface area contributed by atoms with Gasteiger partial charge in [0.1, 0.15) is 5.82 Å². The molecule has 0 aliphatic rings. The maximum absolute atomic E-state index is 5.58. The molecule has 5 heteroatoms. The fourth-order valence-corrected chi connectivity index (χ4v) is 3.22. The van der Waals surface area contributed by atoms with E-state index in [2.05, 4.69) is 45.4 Å². The van der Waals surface area contributed by atoms with E-state index in [4.69, 9.17) is 5.73 Å². The van der Waals surface area contributed by atoms with Gasteiger partial charge in [-0.2, -0.15) is 0 Å². The largest absolute Gasteiger partial charge is 0.370 e. The molecule has 0 atom stereocenters. The Labute approximate surface area is 133 Å². The van der Waals surface area contributed by atoms with Crippen LogP contribution >= 0.6 is 0 Å². The fourth-order valence-electron chi connectivity index (χ4n) is 3.22. The van der Waals surface area contributed by atoms with E-state index in [9.17, 15) is 0 Å². The molecule has 0 aliphatic heterocycles. The lowest BCUT2D eigenvalue weighted by Gasteiger charge is -2.10. The van der Waals surface area contributed by atoms with Gasteiger partial charge >= 0.3 is 0 Å². The van der Waals surface area contributed by atoms with Crippen molar-refractivity contribution in [3.63, 3.8) is 0 Å². The molecule has 0 radical (unpaired) electrons. The van der Waals surface area contributed by atoms with Gasteiger partial charge in [0.2, 0.25) is 0 Å². The van der Waals surface area contributed by atoms with Crippen LogP contribution < -0.4 is 16.0 Å². The lowest BCUT2D eigenvalue weighted by Crippen LogP contribution is -2.09. The number of benzene rings is 1. The third-order valence-electron chi connectivity index (χ3n) is 4.41. The average molecular weight is 306 g/mol. The predicted octanol–water partition coefficient (Wildman–Crippen LogP) is 2.75. The van der Waals surface area contributed by atoms with E-state index in [1.165, 1.54) is 27.2 Å². The first-order valence-electron chi connectivity index (χ1n) is 7.93. The van der Waals surface area contributed by atoms with Crippen molar-refractivity contribution >= 4 is 38.4 Å². The molecule has 0 saturated carbocycles. The van der Waals surface area contributed by atoms with Crippen molar-refractivity contribution in [2.24, 2.45) is 5.73 Å². The number of pyridine rings is 2. The van der Waals surface area contributed by atoms with Gasteiger partial charge in [-0.05, 0) is 43.0 Å². The first-order valence-corrected chi connectivity index (χ1v) is 7.93. The Morgan fingerprint density at radius 2 is 2.13 bits per heavy atom. The van der Waals surface area contributed by atoms with E-state index in [-0.39, 0.29) is 0 Å². The summed E-state index contributed by atoms with van der Waals surface area (Å²) < 4.78 is 0. The summed E-state index contributed by atoms with van der Waals surface area (Å²) in [6.45, 7) is 3.67. The van der Waals surface area contributed by atoms with Gasteiger partial charge in [0.15, 0.2) is 12.4 Å². The van der Waals surface area contributed by atoms with Crippen LogP contribution in [0.5, 0.6) is 0 Å². The summed E-state index contributed by atoms with van der Waals surface area (Å²) in [4.78, 5) is 11.2. The number of rotatable bonds is 4. The van der Waals surface area contributed by atoms with E-state index >= 15 is 0 Å². The number of H-pyrrole nitrogens is 2. The maximum atomic E-state index is 5.58. The number of hydrogen-bond acceptors (Lipinski definition) is 3. The molecule has 1 aromatic carbocycles. The highest BCUT2D eigenvalue weighted by Gasteiger charge is 2.13. The summed E-state index contributed by atoms with van der Waals surface area (Å²) in [5.74, 6) is 0.926. The molecule has 4 rings (SSSR count). The highest BCUT2D eigenvalue weighted by molar-refractivity contribution is 6.14. The number of aromatic nitrogens is 3. The Hall–Kier alpha value is -2.66. The number of anilines is 1. The second-order valence-electron chi connectivity index (χ2n) is 5.84. The van der Waals surface area contributed by atoms with Crippen LogP contribution in [0.3, 0.4) is 0 Å². The quantitative estimate of drug-likeness (QED) is 0.507. The van der Waals surface area contributed by atoms with Gasteiger partial charge in [0.25, 0.3) is 0 Å². The van der Waals surface area contributed by atoms with E-state index in [1.54, 1.807) is 0 Å². The van der Waals surface area contributed by atoms with Gasteiger partial charge < -0.3 is 16.0 Å². The van der Waals surface area contributed by atoms with E-state index in [1.807, 2.05) is 18.6 Å². The Morgan fingerprint density at radius 3 is 3.00 bits per heavy atom. The molecule has 5 N–H and O–H groups in total. The minimum Gasteiger partial charge on any atom is -0.370 e. The fraction of sp³-hybridized carbons (Fsp3) is 0.222. The van der Waals surface area contributed by atoms with Crippen LogP contribution in [-0.4, -0.2) is 23.1 Å². The third kappa shape index (κ3) is 2.21. The smallest absolute Gasteiger partial charge is 0.177 e. The molecule has 23 heavy (non-hydrogen) atoms. The summed E-state index contributed by atoms with van der Waals surface area (Å²) in [5.41, 5.74) is 9.16. The van der Waals surface area contributed by atoms with Crippen LogP contribution in [0.4, 0.5) is 5.82 Å².